The van der Waals surface area contributed by atoms with E-state index in [4.69, 9.17) is 4.52 Å². The van der Waals surface area contributed by atoms with Gasteiger partial charge in [-0.15, -0.1) is 0 Å². The molecule has 1 N–H and O–H groups in total. The van der Waals surface area contributed by atoms with Crippen LogP contribution in [0.2, 0.25) is 0 Å². The standard InChI is InChI=1S/C9H22NO2P/c1-8(2,3)10-13(11,12-7)9(4,5)6/h11H,1-7H3. The monoisotopic (exact) mass is 207 g/mol. The highest BCUT2D eigenvalue weighted by molar-refractivity contribution is 7.57. The van der Waals surface area contributed by atoms with Crippen LogP contribution in [-0.4, -0.2) is 22.7 Å². The number of hydrogen-bond donors (Lipinski definition) is 1. The van der Waals surface area contributed by atoms with Crippen LogP contribution in [0, 0.1) is 0 Å². The average Bonchev–Trinajstić information content (AvgIpc) is 1.81. The third-order valence-corrected chi connectivity index (χ3v) is 4.69. The van der Waals surface area contributed by atoms with Crippen molar-refractivity contribution in [1.82, 2.24) is 0 Å². The quantitative estimate of drug-likeness (QED) is 0.670. The fourth-order valence-electron chi connectivity index (χ4n) is 0.871. The molecule has 0 saturated heterocycles. The first-order valence-corrected chi connectivity index (χ1v) is 6.05. The molecule has 0 radical (unpaired) electrons. The summed E-state index contributed by atoms with van der Waals surface area (Å²) in [4.78, 5) is 10.2. The zero-order valence-corrected chi connectivity index (χ0v) is 10.6. The van der Waals surface area contributed by atoms with Crippen LogP contribution in [0.3, 0.4) is 0 Å². The molecule has 0 aromatic carbocycles. The van der Waals surface area contributed by atoms with Crippen LogP contribution in [0.15, 0.2) is 4.74 Å². The Bertz CT molecular complexity index is 223. The summed E-state index contributed by atoms with van der Waals surface area (Å²) in [6.45, 7) is 11.7. The minimum absolute atomic E-state index is 0.258. The molecule has 13 heavy (non-hydrogen) atoms. The van der Waals surface area contributed by atoms with Gasteiger partial charge in [-0.25, -0.2) is 4.74 Å². The topological polar surface area (TPSA) is 41.8 Å². The van der Waals surface area contributed by atoms with Crippen LogP contribution >= 0.6 is 7.51 Å². The summed E-state index contributed by atoms with van der Waals surface area (Å²) in [6, 6.07) is 0. The van der Waals surface area contributed by atoms with Crippen LogP contribution in [-0.2, 0) is 4.52 Å². The van der Waals surface area contributed by atoms with Crippen molar-refractivity contribution in [1.29, 1.82) is 0 Å². The molecule has 0 heterocycles. The van der Waals surface area contributed by atoms with Crippen molar-refractivity contribution in [3.63, 3.8) is 0 Å². The minimum atomic E-state index is -2.63. The zero-order chi connectivity index (χ0) is 10.9. The van der Waals surface area contributed by atoms with Crippen LogP contribution in [0.25, 0.3) is 0 Å². The van der Waals surface area contributed by atoms with E-state index in [1.807, 2.05) is 41.5 Å². The van der Waals surface area contributed by atoms with Gasteiger partial charge in [0.1, 0.15) is 0 Å². The van der Waals surface area contributed by atoms with Gasteiger partial charge in [-0.3, -0.25) is 0 Å². The van der Waals surface area contributed by atoms with Gasteiger partial charge in [-0.2, -0.15) is 0 Å². The Hall–Kier alpha value is 0.150. The molecule has 0 aromatic rings. The van der Waals surface area contributed by atoms with Crippen molar-refractivity contribution in [2.24, 2.45) is 4.74 Å². The maximum absolute atomic E-state index is 10.2. The molecular formula is C9H22NO2P. The molecule has 0 spiro atoms. The van der Waals surface area contributed by atoms with E-state index in [1.165, 1.54) is 7.11 Å². The molecule has 3 nitrogen and oxygen atoms in total. The largest absolute Gasteiger partial charge is 0.339 e. The summed E-state index contributed by atoms with van der Waals surface area (Å²) in [7, 11) is -1.11. The number of nitrogens with zero attached hydrogens (tertiary/aromatic N) is 1. The smallest absolute Gasteiger partial charge is 0.215 e. The Morgan fingerprint density at radius 2 is 1.46 bits per heavy atom. The lowest BCUT2D eigenvalue weighted by Gasteiger charge is -2.32. The van der Waals surface area contributed by atoms with Crippen molar-refractivity contribution in [2.75, 3.05) is 7.11 Å². The van der Waals surface area contributed by atoms with E-state index in [1.54, 1.807) is 0 Å². The Kier molecular flexibility index (Phi) is 3.76. The molecule has 0 aromatic heterocycles. The van der Waals surface area contributed by atoms with Crippen molar-refractivity contribution < 1.29 is 9.42 Å². The van der Waals surface area contributed by atoms with Gasteiger partial charge in [-0.05, 0) is 20.8 Å². The molecule has 0 aliphatic heterocycles. The van der Waals surface area contributed by atoms with E-state index in [-0.39, 0.29) is 10.7 Å². The van der Waals surface area contributed by atoms with Gasteiger partial charge in [0, 0.05) is 12.3 Å². The number of hydrogen-bond acceptors (Lipinski definition) is 2. The molecule has 1 atom stereocenters. The van der Waals surface area contributed by atoms with E-state index in [2.05, 4.69) is 4.74 Å². The second-order valence-electron chi connectivity index (χ2n) is 5.17. The van der Waals surface area contributed by atoms with Crippen molar-refractivity contribution >= 4 is 7.51 Å². The third kappa shape index (κ3) is 3.80. The van der Waals surface area contributed by atoms with Gasteiger partial charge in [0.25, 0.3) is 0 Å². The van der Waals surface area contributed by atoms with Crippen molar-refractivity contribution in [3.05, 3.63) is 0 Å². The van der Waals surface area contributed by atoms with E-state index in [0.29, 0.717) is 0 Å². The first kappa shape index (κ1) is 13.2. The first-order valence-electron chi connectivity index (χ1n) is 4.44. The van der Waals surface area contributed by atoms with Gasteiger partial charge < -0.3 is 9.42 Å². The van der Waals surface area contributed by atoms with E-state index in [0.717, 1.165) is 0 Å². The predicted octanol–water partition coefficient (Wildman–Crippen LogP) is 3.25. The molecule has 0 rings (SSSR count). The van der Waals surface area contributed by atoms with Gasteiger partial charge >= 0.3 is 0 Å². The maximum atomic E-state index is 10.2. The van der Waals surface area contributed by atoms with Crippen LogP contribution in [0.1, 0.15) is 41.5 Å². The molecule has 0 saturated carbocycles. The summed E-state index contributed by atoms with van der Waals surface area (Å²) in [6.07, 6.45) is 0. The highest BCUT2D eigenvalue weighted by Gasteiger charge is 2.34. The van der Waals surface area contributed by atoms with Crippen LogP contribution in [0.5, 0.6) is 0 Å². The molecule has 0 fully saturated rings. The Morgan fingerprint density at radius 1 is 1.08 bits per heavy atom. The van der Waals surface area contributed by atoms with E-state index in [9.17, 15) is 4.89 Å². The van der Waals surface area contributed by atoms with Gasteiger partial charge in [0.05, 0.1) is 5.54 Å². The van der Waals surface area contributed by atoms with E-state index < -0.39 is 7.51 Å². The van der Waals surface area contributed by atoms with Crippen LogP contribution in [0.4, 0.5) is 0 Å². The fourth-order valence-corrected chi connectivity index (χ4v) is 2.61. The Morgan fingerprint density at radius 3 is 1.54 bits per heavy atom. The van der Waals surface area contributed by atoms with Crippen molar-refractivity contribution in [3.8, 4) is 0 Å². The highest BCUT2D eigenvalue weighted by Crippen LogP contribution is 2.58. The molecular weight excluding hydrogens is 185 g/mol. The summed E-state index contributed by atoms with van der Waals surface area (Å²) >= 11 is 0. The lowest BCUT2D eigenvalue weighted by molar-refractivity contribution is 0.343. The van der Waals surface area contributed by atoms with Gasteiger partial charge in [0.2, 0.25) is 7.51 Å². The molecule has 4 heteroatoms. The van der Waals surface area contributed by atoms with Crippen molar-refractivity contribution in [2.45, 2.75) is 52.2 Å². The summed E-state index contributed by atoms with van der Waals surface area (Å²) < 4.78 is 9.55. The number of rotatable bonds is 1. The normalized spacial score (nSPS) is 18.2. The lowest BCUT2D eigenvalue weighted by Crippen LogP contribution is -2.20. The molecule has 1 unspecified atom stereocenters. The molecule has 80 valence electrons. The fraction of sp³-hybridized carbons (Fsp3) is 1.00. The van der Waals surface area contributed by atoms with Gasteiger partial charge in [-0.1, -0.05) is 20.8 Å². The minimum Gasteiger partial charge on any atom is -0.339 e. The Balaban J connectivity index is 5.19. The third-order valence-electron chi connectivity index (χ3n) is 1.56. The summed E-state index contributed by atoms with van der Waals surface area (Å²) in [5, 5.41) is -0.310. The lowest BCUT2D eigenvalue weighted by atomic mass is 10.1. The second-order valence-corrected chi connectivity index (χ2v) is 8.16. The second kappa shape index (κ2) is 3.72. The predicted molar refractivity (Wildman–Crippen MR) is 58.1 cm³/mol. The molecule has 0 bridgehead atoms. The van der Waals surface area contributed by atoms with Gasteiger partial charge in [0.15, 0.2) is 0 Å². The maximum Gasteiger partial charge on any atom is 0.215 e. The molecule has 0 amide bonds. The molecule has 0 aliphatic carbocycles. The van der Waals surface area contributed by atoms with E-state index >= 15 is 0 Å². The highest BCUT2D eigenvalue weighted by atomic mass is 31.2. The van der Waals surface area contributed by atoms with Crippen LogP contribution < -0.4 is 0 Å². The Labute approximate surface area is 81.7 Å². The average molecular weight is 207 g/mol. The summed E-state index contributed by atoms with van der Waals surface area (Å²) in [5.74, 6) is 0. The first-order chi connectivity index (χ1) is 5.52. The SMILES string of the molecule is COP(O)(=NC(C)(C)C)C(C)(C)C. The molecule has 0 aliphatic rings. The summed E-state index contributed by atoms with van der Waals surface area (Å²) in [5.41, 5.74) is -0.258. The zero-order valence-electron chi connectivity index (χ0n) is 9.75.